The van der Waals surface area contributed by atoms with E-state index in [1.54, 1.807) is 0 Å². The van der Waals surface area contributed by atoms with Gasteiger partial charge in [-0.05, 0) is 48.5 Å². The second kappa shape index (κ2) is 7.55. The first-order valence-electron chi connectivity index (χ1n) is 7.72. The number of rotatable bonds is 8. The number of ether oxygens (including phenoxy) is 5. The van der Waals surface area contributed by atoms with Gasteiger partial charge in [-0.15, -0.1) is 0 Å². The summed E-state index contributed by atoms with van der Waals surface area (Å²) in [4.78, 5) is 0. The number of benzene rings is 2. The molecule has 2 aliphatic rings. The lowest BCUT2D eigenvalue weighted by atomic mass is 10.3. The van der Waals surface area contributed by atoms with E-state index in [9.17, 15) is 0 Å². The molecule has 5 nitrogen and oxygen atoms in total. The van der Waals surface area contributed by atoms with Crippen LogP contribution in [0.5, 0.6) is 23.0 Å². The molecule has 2 aliphatic heterocycles. The third-order valence-electron chi connectivity index (χ3n) is 3.56. The molecule has 5 heteroatoms. The Kier molecular flexibility index (Phi) is 5.23. The maximum Gasteiger partial charge on any atom is 0.127 e. The number of epoxide rings is 2. The van der Waals surface area contributed by atoms with E-state index in [1.807, 2.05) is 48.5 Å². The van der Waals surface area contributed by atoms with Crippen LogP contribution < -0.4 is 14.2 Å². The topological polar surface area (TPSA) is 52.8 Å². The molecule has 2 aromatic rings. The molecule has 2 atom stereocenters. The third kappa shape index (κ3) is 4.88. The van der Waals surface area contributed by atoms with E-state index < -0.39 is 0 Å². The van der Waals surface area contributed by atoms with Crippen molar-refractivity contribution in [3.05, 3.63) is 48.5 Å². The van der Waals surface area contributed by atoms with Gasteiger partial charge in [0, 0.05) is 0 Å². The quantitative estimate of drug-likeness (QED) is 0.691. The second-order valence-corrected chi connectivity index (χ2v) is 5.58. The van der Waals surface area contributed by atoms with Gasteiger partial charge in [0.25, 0.3) is 0 Å². The van der Waals surface area contributed by atoms with Crippen molar-refractivity contribution < 1.29 is 23.7 Å². The molecule has 0 N–H and O–H groups in total. The van der Waals surface area contributed by atoms with Crippen LogP contribution in [0, 0.1) is 0 Å². The zero-order chi connectivity index (χ0) is 15.5. The van der Waals surface area contributed by atoms with Crippen LogP contribution in [-0.4, -0.2) is 38.6 Å². The van der Waals surface area contributed by atoms with Crippen LogP contribution >= 0.6 is 0 Å². The predicted octanol–water partition coefficient (Wildman–Crippen LogP) is 3.67. The molecule has 4 rings (SSSR count). The fraction of sp³-hybridized carbons (Fsp3) is 0.368. The minimum absolute atomic E-state index is 0. The minimum Gasteiger partial charge on any atom is -0.491 e. The number of hydrogen-bond acceptors (Lipinski definition) is 5. The van der Waals surface area contributed by atoms with Crippen molar-refractivity contribution >= 4 is 0 Å². The minimum atomic E-state index is 0. The molecule has 24 heavy (non-hydrogen) atoms. The summed E-state index contributed by atoms with van der Waals surface area (Å²) in [7, 11) is 0. The van der Waals surface area contributed by atoms with Crippen LogP contribution in [0.15, 0.2) is 48.5 Å². The maximum atomic E-state index is 5.80. The Labute approximate surface area is 142 Å². The summed E-state index contributed by atoms with van der Waals surface area (Å²) in [6, 6.07) is 15.1. The average molecular weight is 330 g/mol. The standard InChI is InChI=1S/C18H18O5.CH4/c1-5-15(6-2-13(1)19-9-17-11-21-17)23-16-7-3-14(4-8-16)20-10-18-12-22-18;/h1-8,17-18H,9-12H2;1H4. The third-order valence-corrected chi connectivity index (χ3v) is 3.56. The Balaban J connectivity index is 0.00000169. The van der Waals surface area contributed by atoms with Gasteiger partial charge >= 0.3 is 0 Å². The molecular formula is C19H22O5. The highest BCUT2D eigenvalue weighted by Crippen LogP contribution is 2.26. The van der Waals surface area contributed by atoms with E-state index in [4.69, 9.17) is 23.7 Å². The van der Waals surface area contributed by atoms with Crippen molar-refractivity contribution in [2.75, 3.05) is 26.4 Å². The summed E-state index contributed by atoms with van der Waals surface area (Å²) in [5.41, 5.74) is 0. The first kappa shape index (κ1) is 16.6. The van der Waals surface area contributed by atoms with Gasteiger partial charge in [0.1, 0.15) is 48.4 Å². The van der Waals surface area contributed by atoms with E-state index in [0.717, 1.165) is 36.2 Å². The molecule has 0 amide bonds. The van der Waals surface area contributed by atoms with Crippen molar-refractivity contribution in [3.63, 3.8) is 0 Å². The van der Waals surface area contributed by atoms with Gasteiger partial charge < -0.3 is 23.7 Å². The van der Waals surface area contributed by atoms with Crippen molar-refractivity contribution in [2.45, 2.75) is 19.6 Å². The van der Waals surface area contributed by atoms with E-state index in [-0.39, 0.29) is 19.6 Å². The van der Waals surface area contributed by atoms with Gasteiger partial charge in [-0.3, -0.25) is 0 Å². The molecule has 128 valence electrons. The summed E-state index contributed by atoms with van der Waals surface area (Å²) < 4.78 is 27.2. The smallest absolute Gasteiger partial charge is 0.127 e. The van der Waals surface area contributed by atoms with Gasteiger partial charge in [-0.1, -0.05) is 7.43 Å². The van der Waals surface area contributed by atoms with E-state index in [2.05, 4.69) is 0 Å². The van der Waals surface area contributed by atoms with E-state index in [0.29, 0.717) is 13.2 Å². The molecule has 0 saturated carbocycles. The van der Waals surface area contributed by atoms with Gasteiger partial charge in [-0.25, -0.2) is 0 Å². The predicted molar refractivity (Wildman–Crippen MR) is 90.2 cm³/mol. The van der Waals surface area contributed by atoms with E-state index >= 15 is 0 Å². The molecule has 0 radical (unpaired) electrons. The zero-order valence-corrected chi connectivity index (χ0v) is 12.6. The molecule has 0 bridgehead atoms. The van der Waals surface area contributed by atoms with Gasteiger partial charge in [0.15, 0.2) is 0 Å². The van der Waals surface area contributed by atoms with Crippen molar-refractivity contribution in [1.82, 2.24) is 0 Å². The lowest BCUT2D eigenvalue weighted by Gasteiger charge is -2.09. The van der Waals surface area contributed by atoms with Crippen LogP contribution in [0.1, 0.15) is 7.43 Å². The fourth-order valence-corrected chi connectivity index (χ4v) is 2.05. The van der Waals surface area contributed by atoms with Crippen LogP contribution in [-0.2, 0) is 9.47 Å². The SMILES string of the molecule is C.c1cc(Oc2ccc(OCC3CO3)cc2)ccc1OCC1CO1. The fourth-order valence-electron chi connectivity index (χ4n) is 2.05. The lowest BCUT2D eigenvalue weighted by Crippen LogP contribution is -2.03. The Bertz CT molecular complexity index is 572. The second-order valence-electron chi connectivity index (χ2n) is 5.58. The van der Waals surface area contributed by atoms with E-state index in [1.165, 1.54) is 0 Å². The molecule has 2 saturated heterocycles. The summed E-state index contributed by atoms with van der Waals surface area (Å²) in [5, 5.41) is 0. The first-order valence-corrected chi connectivity index (χ1v) is 7.72. The molecule has 0 aliphatic carbocycles. The molecule has 0 spiro atoms. The van der Waals surface area contributed by atoms with Crippen molar-refractivity contribution in [3.8, 4) is 23.0 Å². The molecular weight excluding hydrogens is 308 g/mol. The van der Waals surface area contributed by atoms with Crippen LogP contribution in [0.25, 0.3) is 0 Å². The molecule has 0 aromatic heterocycles. The van der Waals surface area contributed by atoms with Gasteiger partial charge in [0.05, 0.1) is 13.2 Å². The zero-order valence-electron chi connectivity index (χ0n) is 12.6. The molecule has 2 fully saturated rings. The number of hydrogen-bond donors (Lipinski definition) is 0. The van der Waals surface area contributed by atoms with Crippen LogP contribution in [0.2, 0.25) is 0 Å². The molecule has 2 aromatic carbocycles. The van der Waals surface area contributed by atoms with Crippen LogP contribution in [0.3, 0.4) is 0 Å². The Morgan fingerprint density at radius 2 is 1.00 bits per heavy atom. The van der Waals surface area contributed by atoms with Crippen molar-refractivity contribution in [1.29, 1.82) is 0 Å². The first-order chi connectivity index (χ1) is 11.3. The Morgan fingerprint density at radius 1 is 0.667 bits per heavy atom. The van der Waals surface area contributed by atoms with Crippen molar-refractivity contribution in [2.24, 2.45) is 0 Å². The monoisotopic (exact) mass is 330 g/mol. The lowest BCUT2D eigenvalue weighted by molar-refractivity contribution is 0.262. The molecule has 2 heterocycles. The summed E-state index contributed by atoms with van der Waals surface area (Å²) in [6.07, 6.45) is 0.524. The Hall–Kier alpha value is -2.24. The summed E-state index contributed by atoms with van der Waals surface area (Å²) in [5.74, 6) is 3.16. The maximum absolute atomic E-state index is 5.80. The highest BCUT2D eigenvalue weighted by molar-refractivity contribution is 5.37. The normalized spacial score (nSPS) is 20.7. The summed E-state index contributed by atoms with van der Waals surface area (Å²) >= 11 is 0. The highest BCUT2D eigenvalue weighted by Gasteiger charge is 2.23. The average Bonchev–Trinajstić information content (AvgIpc) is 3.48. The highest BCUT2D eigenvalue weighted by atomic mass is 16.6. The van der Waals surface area contributed by atoms with Crippen LogP contribution in [0.4, 0.5) is 0 Å². The van der Waals surface area contributed by atoms with Gasteiger partial charge in [-0.2, -0.15) is 0 Å². The summed E-state index contributed by atoms with van der Waals surface area (Å²) in [6.45, 7) is 2.81. The Morgan fingerprint density at radius 3 is 1.33 bits per heavy atom. The molecule has 2 unspecified atom stereocenters. The van der Waals surface area contributed by atoms with Gasteiger partial charge in [0.2, 0.25) is 0 Å². The largest absolute Gasteiger partial charge is 0.491 e.